The SMILES string of the molecule is CC(CNc1cc(N2CCOCC2)ncn1)Oc1cccc(Cl)c1. The van der Waals surface area contributed by atoms with Gasteiger partial charge >= 0.3 is 0 Å². The molecule has 1 aliphatic rings. The zero-order chi connectivity index (χ0) is 16.8. The van der Waals surface area contributed by atoms with Crippen LogP contribution in [-0.2, 0) is 4.74 Å². The highest BCUT2D eigenvalue weighted by molar-refractivity contribution is 6.30. The fraction of sp³-hybridized carbons (Fsp3) is 0.412. The molecular weight excluding hydrogens is 328 g/mol. The molecule has 1 saturated heterocycles. The summed E-state index contributed by atoms with van der Waals surface area (Å²) in [5, 5.41) is 3.96. The number of aromatic nitrogens is 2. The lowest BCUT2D eigenvalue weighted by Crippen LogP contribution is -2.36. The molecule has 6 nitrogen and oxygen atoms in total. The molecule has 0 amide bonds. The standard InChI is InChI=1S/C17H21ClN4O2/c1-13(24-15-4-2-3-14(18)9-15)11-19-16-10-17(21-12-20-16)22-5-7-23-8-6-22/h2-4,9-10,12-13H,5-8,11H2,1H3,(H,19,20,21). The molecule has 0 bridgehead atoms. The first-order valence-electron chi connectivity index (χ1n) is 8.01. The van der Waals surface area contributed by atoms with E-state index in [0.29, 0.717) is 11.6 Å². The average Bonchev–Trinajstić information content (AvgIpc) is 2.61. The van der Waals surface area contributed by atoms with E-state index in [4.69, 9.17) is 21.1 Å². The number of morpholine rings is 1. The fourth-order valence-corrected chi connectivity index (χ4v) is 2.65. The lowest BCUT2D eigenvalue weighted by atomic mass is 10.3. The Morgan fingerprint density at radius 2 is 2.12 bits per heavy atom. The monoisotopic (exact) mass is 348 g/mol. The zero-order valence-electron chi connectivity index (χ0n) is 13.6. The summed E-state index contributed by atoms with van der Waals surface area (Å²) < 4.78 is 11.2. The van der Waals surface area contributed by atoms with Crippen molar-refractivity contribution in [2.45, 2.75) is 13.0 Å². The van der Waals surface area contributed by atoms with Crippen LogP contribution in [0.4, 0.5) is 11.6 Å². The molecule has 1 unspecified atom stereocenters. The van der Waals surface area contributed by atoms with Crippen molar-refractivity contribution in [3.63, 3.8) is 0 Å². The van der Waals surface area contributed by atoms with Gasteiger partial charge in [-0.1, -0.05) is 17.7 Å². The zero-order valence-corrected chi connectivity index (χ0v) is 14.4. The lowest BCUT2D eigenvalue weighted by molar-refractivity contribution is 0.122. The Hall–Kier alpha value is -2.05. The number of nitrogens with zero attached hydrogens (tertiary/aromatic N) is 3. The first-order valence-corrected chi connectivity index (χ1v) is 8.39. The first kappa shape index (κ1) is 16.8. The van der Waals surface area contributed by atoms with E-state index in [-0.39, 0.29) is 6.10 Å². The summed E-state index contributed by atoms with van der Waals surface area (Å²) in [6, 6.07) is 9.35. The summed E-state index contributed by atoms with van der Waals surface area (Å²) in [7, 11) is 0. The summed E-state index contributed by atoms with van der Waals surface area (Å²) in [5.74, 6) is 2.46. The van der Waals surface area contributed by atoms with E-state index in [0.717, 1.165) is 43.7 Å². The van der Waals surface area contributed by atoms with Crippen LogP contribution in [-0.4, -0.2) is 48.9 Å². The van der Waals surface area contributed by atoms with Crippen molar-refractivity contribution in [3.8, 4) is 5.75 Å². The van der Waals surface area contributed by atoms with E-state index in [1.807, 2.05) is 31.2 Å². The average molecular weight is 349 g/mol. The molecule has 0 aliphatic carbocycles. The second-order valence-corrected chi connectivity index (χ2v) is 6.06. The van der Waals surface area contributed by atoms with Gasteiger partial charge in [0.1, 0.15) is 29.8 Å². The Bertz CT molecular complexity index is 665. The Kier molecular flexibility index (Phi) is 5.72. The Morgan fingerprint density at radius 3 is 2.92 bits per heavy atom. The van der Waals surface area contributed by atoms with Crippen LogP contribution in [0.25, 0.3) is 0 Å². The number of rotatable bonds is 6. The Balaban J connectivity index is 1.54. The van der Waals surface area contributed by atoms with Crippen LogP contribution in [0.2, 0.25) is 5.02 Å². The third kappa shape index (κ3) is 4.72. The van der Waals surface area contributed by atoms with Crippen molar-refractivity contribution >= 4 is 23.2 Å². The maximum absolute atomic E-state index is 5.97. The number of benzene rings is 1. The van der Waals surface area contributed by atoms with E-state index in [2.05, 4.69) is 20.2 Å². The lowest BCUT2D eigenvalue weighted by Gasteiger charge is -2.27. The van der Waals surface area contributed by atoms with Gasteiger partial charge in [-0.2, -0.15) is 0 Å². The van der Waals surface area contributed by atoms with Crippen molar-refractivity contribution in [3.05, 3.63) is 41.7 Å². The highest BCUT2D eigenvalue weighted by atomic mass is 35.5. The molecule has 128 valence electrons. The van der Waals surface area contributed by atoms with Crippen LogP contribution >= 0.6 is 11.6 Å². The number of hydrogen-bond donors (Lipinski definition) is 1. The molecule has 24 heavy (non-hydrogen) atoms. The van der Waals surface area contributed by atoms with Gasteiger partial charge in [0.25, 0.3) is 0 Å². The van der Waals surface area contributed by atoms with Crippen molar-refractivity contribution < 1.29 is 9.47 Å². The van der Waals surface area contributed by atoms with Crippen LogP contribution < -0.4 is 15.0 Å². The Labute approximate surface area is 146 Å². The van der Waals surface area contributed by atoms with Crippen LogP contribution in [0, 0.1) is 0 Å². The number of halogens is 1. The van der Waals surface area contributed by atoms with Gasteiger partial charge < -0.3 is 19.7 Å². The van der Waals surface area contributed by atoms with Crippen molar-refractivity contribution in [2.24, 2.45) is 0 Å². The summed E-state index contributed by atoms with van der Waals surface area (Å²) in [5.41, 5.74) is 0. The molecule has 7 heteroatoms. The van der Waals surface area contributed by atoms with E-state index in [1.165, 1.54) is 0 Å². The van der Waals surface area contributed by atoms with Crippen LogP contribution in [0.1, 0.15) is 6.92 Å². The van der Waals surface area contributed by atoms with Gasteiger partial charge in [0.2, 0.25) is 0 Å². The van der Waals surface area contributed by atoms with E-state index >= 15 is 0 Å². The maximum atomic E-state index is 5.97. The fourth-order valence-electron chi connectivity index (χ4n) is 2.47. The van der Waals surface area contributed by atoms with Gasteiger partial charge in [-0.25, -0.2) is 9.97 Å². The molecule has 3 rings (SSSR count). The Morgan fingerprint density at radius 1 is 1.29 bits per heavy atom. The molecule has 1 N–H and O–H groups in total. The van der Waals surface area contributed by atoms with Gasteiger partial charge in [0.05, 0.1) is 19.8 Å². The first-order chi connectivity index (χ1) is 11.7. The minimum Gasteiger partial charge on any atom is -0.489 e. The smallest absolute Gasteiger partial charge is 0.134 e. The molecule has 0 radical (unpaired) electrons. The minimum absolute atomic E-state index is 0.0229. The van der Waals surface area contributed by atoms with E-state index < -0.39 is 0 Å². The van der Waals surface area contributed by atoms with Gasteiger partial charge in [-0.05, 0) is 25.1 Å². The molecule has 2 heterocycles. The third-order valence-corrected chi connectivity index (χ3v) is 3.93. The molecule has 1 aliphatic heterocycles. The summed E-state index contributed by atoms with van der Waals surface area (Å²) >= 11 is 5.97. The minimum atomic E-state index is -0.0229. The highest BCUT2D eigenvalue weighted by Crippen LogP contribution is 2.19. The van der Waals surface area contributed by atoms with Crippen molar-refractivity contribution in [2.75, 3.05) is 43.1 Å². The number of nitrogens with one attached hydrogen (secondary N) is 1. The number of ether oxygens (including phenoxy) is 2. The molecule has 2 aromatic rings. The number of hydrogen-bond acceptors (Lipinski definition) is 6. The van der Waals surface area contributed by atoms with Crippen LogP contribution in [0.15, 0.2) is 36.7 Å². The van der Waals surface area contributed by atoms with Crippen molar-refractivity contribution in [1.29, 1.82) is 0 Å². The molecule has 1 fully saturated rings. The maximum Gasteiger partial charge on any atom is 0.134 e. The summed E-state index contributed by atoms with van der Waals surface area (Å²) in [6.07, 6.45) is 1.56. The van der Waals surface area contributed by atoms with Gasteiger partial charge in [-0.15, -0.1) is 0 Å². The molecule has 0 spiro atoms. The highest BCUT2D eigenvalue weighted by Gasteiger charge is 2.13. The van der Waals surface area contributed by atoms with Gasteiger partial charge in [-0.3, -0.25) is 0 Å². The van der Waals surface area contributed by atoms with E-state index in [9.17, 15) is 0 Å². The van der Waals surface area contributed by atoms with Gasteiger partial charge in [0.15, 0.2) is 0 Å². The quantitative estimate of drug-likeness (QED) is 0.866. The molecule has 1 atom stereocenters. The second kappa shape index (κ2) is 8.17. The van der Waals surface area contributed by atoms with E-state index in [1.54, 1.807) is 12.4 Å². The van der Waals surface area contributed by atoms with Gasteiger partial charge in [0, 0.05) is 24.2 Å². The summed E-state index contributed by atoms with van der Waals surface area (Å²) in [6.45, 7) is 5.80. The molecule has 1 aromatic carbocycles. The number of anilines is 2. The predicted octanol–water partition coefficient (Wildman–Crippen LogP) is 2.85. The molecular formula is C17H21ClN4O2. The van der Waals surface area contributed by atoms with Crippen molar-refractivity contribution in [1.82, 2.24) is 9.97 Å². The normalized spacial score (nSPS) is 15.8. The second-order valence-electron chi connectivity index (χ2n) is 5.63. The third-order valence-electron chi connectivity index (χ3n) is 3.69. The largest absolute Gasteiger partial charge is 0.489 e. The summed E-state index contributed by atoms with van der Waals surface area (Å²) in [4.78, 5) is 10.8. The van der Waals surface area contributed by atoms with Crippen LogP contribution in [0.5, 0.6) is 5.75 Å². The van der Waals surface area contributed by atoms with Crippen LogP contribution in [0.3, 0.4) is 0 Å². The molecule has 1 aromatic heterocycles. The predicted molar refractivity (Wildman–Crippen MR) is 95.1 cm³/mol. The topological polar surface area (TPSA) is 59.5 Å². The molecule has 0 saturated carbocycles.